The van der Waals surface area contributed by atoms with Crippen molar-refractivity contribution in [1.82, 2.24) is 5.32 Å². The Morgan fingerprint density at radius 3 is 2.26 bits per heavy atom. The third-order valence-electron chi connectivity index (χ3n) is 3.29. The zero-order valence-corrected chi connectivity index (χ0v) is 13.7. The first kappa shape index (κ1) is 17.3. The smallest absolute Gasteiger partial charge is 0.198 e. The minimum absolute atomic E-state index is 0.406. The lowest BCUT2D eigenvalue weighted by atomic mass is 10.2. The van der Waals surface area contributed by atoms with Crippen molar-refractivity contribution in [1.29, 1.82) is 0 Å². The van der Waals surface area contributed by atoms with Crippen LogP contribution in [-0.2, 0) is 6.61 Å². The second-order valence-corrected chi connectivity index (χ2v) is 5.72. The van der Waals surface area contributed by atoms with Gasteiger partial charge in [-0.3, -0.25) is 0 Å². The van der Waals surface area contributed by atoms with E-state index < -0.39 is 6.29 Å². The SMILES string of the molecule is CC(C)NCCC(O)Oc1ccc(OCc2ccccc2)cc1. The third kappa shape index (κ3) is 6.72. The molecule has 0 aromatic heterocycles. The topological polar surface area (TPSA) is 50.7 Å². The Morgan fingerprint density at radius 1 is 0.957 bits per heavy atom. The molecule has 2 aromatic rings. The summed E-state index contributed by atoms with van der Waals surface area (Å²) in [5.74, 6) is 1.41. The van der Waals surface area contributed by atoms with E-state index in [0.717, 1.165) is 17.9 Å². The second-order valence-electron chi connectivity index (χ2n) is 5.72. The third-order valence-corrected chi connectivity index (χ3v) is 3.29. The summed E-state index contributed by atoms with van der Waals surface area (Å²) in [4.78, 5) is 0. The van der Waals surface area contributed by atoms with Gasteiger partial charge >= 0.3 is 0 Å². The van der Waals surface area contributed by atoms with Crippen LogP contribution in [0.15, 0.2) is 54.6 Å². The van der Waals surface area contributed by atoms with Gasteiger partial charge in [-0.1, -0.05) is 44.2 Å². The van der Waals surface area contributed by atoms with E-state index in [-0.39, 0.29) is 0 Å². The van der Waals surface area contributed by atoms with E-state index in [2.05, 4.69) is 19.2 Å². The highest BCUT2D eigenvalue weighted by atomic mass is 16.6. The first-order chi connectivity index (χ1) is 11.1. The maximum atomic E-state index is 9.84. The van der Waals surface area contributed by atoms with Gasteiger partial charge in [0.1, 0.15) is 18.1 Å². The molecule has 23 heavy (non-hydrogen) atoms. The molecule has 1 unspecified atom stereocenters. The van der Waals surface area contributed by atoms with E-state index in [1.807, 2.05) is 42.5 Å². The zero-order chi connectivity index (χ0) is 16.5. The Balaban J connectivity index is 1.75. The standard InChI is InChI=1S/C19H25NO3/c1-15(2)20-13-12-19(21)23-18-10-8-17(9-11-18)22-14-16-6-4-3-5-7-16/h3-11,15,19-21H,12-14H2,1-2H3. The molecule has 1 atom stereocenters. The first-order valence-corrected chi connectivity index (χ1v) is 7.98. The van der Waals surface area contributed by atoms with Gasteiger partial charge in [-0.15, -0.1) is 0 Å². The van der Waals surface area contributed by atoms with Gasteiger partial charge in [0.2, 0.25) is 0 Å². The largest absolute Gasteiger partial charge is 0.489 e. The fraction of sp³-hybridized carbons (Fsp3) is 0.368. The molecule has 0 aliphatic heterocycles. The minimum Gasteiger partial charge on any atom is -0.489 e. The molecule has 0 saturated carbocycles. The maximum absolute atomic E-state index is 9.84. The molecule has 0 radical (unpaired) electrons. The number of hydrogen-bond donors (Lipinski definition) is 2. The Hall–Kier alpha value is -2.04. The fourth-order valence-corrected chi connectivity index (χ4v) is 2.07. The number of aliphatic hydroxyl groups is 1. The highest BCUT2D eigenvalue weighted by molar-refractivity contribution is 5.31. The number of rotatable bonds is 9. The van der Waals surface area contributed by atoms with Crippen LogP contribution in [0.4, 0.5) is 0 Å². The lowest BCUT2D eigenvalue weighted by Crippen LogP contribution is -2.28. The molecule has 4 heteroatoms. The highest BCUT2D eigenvalue weighted by Crippen LogP contribution is 2.19. The van der Waals surface area contributed by atoms with Crippen molar-refractivity contribution in [2.45, 2.75) is 39.2 Å². The summed E-state index contributed by atoms with van der Waals surface area (Å²) in [6, 6.07) is 17.7. The van der Waals surface area contributed by atoms with E-state index in [9.17, 15) is 5.11 Å². The number of benzene rings is 2. The van der Waals surface area contributed by atoms with Crippen LogP contribution in [0.3, 0.4) is 0 Å². The number of ether oxygens (including phenoxy) is 2. The molecule has 2 N–H and O–H groups in total. The molecule has 0 amide bonds. The Bertz CT molecular complexity index is 555. The van der Waals surface area contributed by atoms with Crippen molar-refractivity contribution in [3.63, 3.8) is 0 Å². The van der Waals surface area contributed by atoms with Crippen molar-refractivity contribution < 1.29 is 14.6 Å². The van der Waals surface area contributed by atoms with Gasteiger partial charge in [0.05, 0.1) is 0 Å². The van der Waals surface area contributed by atoms with Gasteiger partial charge < -0.3 is 19.9 Å². The van der Waals surface area contributed by atoms with Crippen LogP contribution in [0, 0.1) is 0 Å². The molecule has 0 spiro atoms. The van der Waals surface area contributed by atoms with E-state index in [1.165, 1.54) is 0 Å². The summed E-state index contributed by atoms with van der Waals surface area (Å²) in [6.45, 7) is 5.39. The molecule has 0 aliphatic carbocycles. The molecule has 0 saturated heterocycles. The normalized spacial score (nSPS) is 12.2. The van der Waals surface area contributed by atoms with Crippen LogP contribution >= 0.6 is 0 Å². The number of aliphatic hydroxyl groups excluding tert-OH is 1. The number of hydrogen-bond acceptors (Lipinski definition) is 4. The molecule has 4 nitrogen and oxygen atoms in total. The minimum atomic E-state index is -0.808. The second kappa shape index (κ2) is 9.18. The van der Waals surface area contributed by atoms with Crippen LogP contribution in [0.25, 0.3) is 0 Å². The van der Waals surface area contributed by atoms with Gasteiger partial charge in [0.15, 0.2) is 6.29 Å². The van der Waals surface area contributed by atoms with Crippen molar-refractivity contribution in [3.05, 3.63) is 60.2 Å². The zero-order valence-electron chi connectivity index (χ0n) is 13.7. The lowest BCUT2D eigenvalue weighted by molar-refractivity contribution is -0.0226. The van der Waals surface area contributed by atoms with E-state index in [1.54, 1.807) is 12.1 Å². The van der Waals surface area contributed by atoms with Gasteiger partial charge in [-0.05, 0) is 29.8 Å². The van der Waals surface area contributed by atoms with Crippen molar-refractivity contribution in [2.24, 2.45) is 0 Å². The van der Waals surface area contributed by atoms with Crippen molar-refractivity contribution in [2.75, 3.05) is 6.54 Å². The first-order valence-electron chi connectivity index (χ1n) is 7.98. The van der Waals surface area contributed by atoms with Gasteiger partial charge in [0.25, 0.3) is 0 Å². The number of nitrogens with one attached hydrogen (secondary N) is 1. The predicted molar refractivity (Wildman–Crippen MR) is 91.6 cm³/mol. The molecule has 0 bridgehead atoms. The quantitative estimate of drug-likeness (QED) is 0.697. The Morgan fingerprint density at radius 2 is 1.61 bits per heavy atom. The molecular formula is C19H25NO3. The average Bonchev–Trinajstić information content (AvgIpc) is 2.55. The average molecular weight is 315 g/mol. The summed E-state index contributed by atoms with van der Waals surface area (Å²) in [5.41, 5.74) is 1.13. The molecule has 0 heterocycles. The van der Waals surface area contributed by atoms with Crippen LogP contribution in [-0.4, -0.2) is 24.0 Å². The Labute approximate surface area is 138 Å². The van der Waals surface area contributed by atoms with Crippen LogP contribution in [0.5, 0.6) is 11.5 Å². The summed E-state index contributed by atoms with van der Waals surface area (Å²) in [7, 11) is 0. The summed E-state index contributed by atoms with van der Waals surface area (Å²) in [6.07, 6.45) is -0.262. The lowest BCUT2D eigenvalue weighted by Gasteiger charge is -2.15. The summed E-state index contributed by atoms with van der Waals surface area (Å²) in [5, 5.41) is 13.1. The van der Waals surface area contributed by atoms with Gasteiger partial charge in [0, 0.05) is 19.0 Å². The molecule has 0 fully saturated rings. The van der Waals surface area contributed by atoms with E-state index in [0.29, 0.717) is 24.8 Å². The van der Waals surface area contributed by atoms with Crippen LogP contribution in [0.2, 0.25) is 0 Å². The predicted octanol–water partition coefficient (Wildman–Crippen LogP) is 3.35. The monoisotopic (exact) mass is 315 g/mol. The van der Waals surface area contributed by atoms with Crippen LogP contribution in [0.1, 0.15) is 25.8 Å². The van der Waals surface area contributed by atoms with Gasteiger partial charge in [-0.2, -0.15) is 0 Å². The summed E-state index contributed by atoms with van der Waals surface area (Å²) < 4.78 is 11.2. The van der Waals surface area contributed by atoms with E-state index >= 15 is 0 Å². The highest BCUT2D eigenvalue weighted by Gasteiger charge is 2.06. The van der Waals surface area contributed by atoms with E-state index in [4.69, 9.17) is 9.47 Å². The van der Waals surface area contributed by atoms with Gasteiger partial charge in [-0.25, -0.2) is 0 Å². The molecule has 2 aromatic carbocycles. The van der Waals surface area contributed by atoms with Crippen LogP contribution < -0.4 is 14.8 Å². The molecule has 0 aliphatic rings. The van der Waals surface area contributed by atoms with Crippen molar-refractivity contribution in [3.8, 4) is 11.5 Å². The maximum Gasteiger partial charge on any atom is 0.198 e. The fourth-order valence-electron chi connectivity index (χ4n) is 2.07. The molecular weight excluding hydrogens is 290 g/mol. The summed E-state index contributed by atoms with van der Waals surface area (Å²) >= 11 is 0. The Kier molecular flexibility index (Phi) is 6.91. The van der Waals surface area contributed by atoms with Crippen molar-refractivity contribution >= 4 is 0 Å². The molecule has 2 rings (SSSR count). The molecule has 124 valence electrons.